The van der Waals surface area contributed by atoms with Crippen LogP contribution in [0.25, 0.3) is 21.7 Å². The Morgan fingerprint density at radius 1 is 1.28 bits per heavy atom. The van der Waals surface area contributed by atoms with E-state index in [9.17, 15) is 8.78 Å². The van der Waals surface area contributed by atoms with E-state index in [0.29, 0.717) is 29.5 Å². The fourth-order valence-electron chi connectivity index (χ4n) is 2.19. The molecule has 1 saturated carbocycles. The molecule has 1 aromatic carbocycles. The number of halogens is 2. The Labute approximate surface area is 142 Å². The highest BCUT2D eigenvalue weighted by Crippen LogP contribution is 2.36. The van der Waals surface area contributed by atoms with Gasteiger partial charge in [0.25, 0.3) is 0 Å². The number of ether oxygens (including phenoxy) is 2. The quantitative estimate of drug-likeness (QED) is 0.403. The van der Waals surface area contributed by atoms with Crippen LogP contribution in [0.2, 0.25) is 0 Å². The predicted octanol–water partition coefficient (Wildman–Crippen LogP) is 4.34. The molecular weight excluding hydrogens is 332 g/mol. The van der Waals surface area contributed by atoms with E-state index in [1.165, 1.54) is 18.5 Å². The first-order chi connectivity index (χ1) is 12.2. The predicted molar refractivity (Wildman–Crippen MR) is 85.2 cm³/mol. The van der Waals surface area contributed by atoms with E-state index in [1.807, 2.05) is 0 Å². The molecule has 0 unspecified atom stereocenters. The highest BCUT2D eigenvalue weighted by Gasteiger charge is 2.23. The maximum Gasteiger partial charge on any atom is 0.387 e. The summed E-state index contributed by atoms with van der Waals surface area (Å²) in [6.07, 6.45) is 5.19. The van der Waals surface area contributed by atoms with Crippen LogP contribution in [-0.4, -0.2) is 23.2 Å². The summed E-state index contributed by atoms with van der Waals surface area (Å²) in [5.41, 5.74) is 10.0. The van der Waals surface area contributed by atoms with Gasteiger partial charge in [0.2, 0.25) is 0 Å². The number of alkyl halides is 2. The highest BCUT2D eigenvalue weighted by atomic mass is 19.3. The molecule has 0 bridgehead atoms. The van der Waals surface area contributed by atoms with E-state index in [4.69, 9.17) is 10.3 Å². The van der Waals surface area contributed by atoms with Gasteiger partial charge in [-0.15, -0.1) is 0 Å². The van der Waals surface area contributed by atoms with Crippen LogP contribution in [0.15, 0.2) is 35.7 Å². The molecule has 9 heteroatoms. The van der Waals surface area contributed by atoms with E-state index in [0.717, 1.165) is 12.8 Å². The number of azide groups is 1. The maximum atomic E-state index is 12.6. The van der Waals surface area contributed by atoms with Crippen molar-refractivity contribution in [2.24, 2.45) is 11.0 Å². The van der Waals surface area contributed by atoms with Gasteiger partial charge < -0.3 is 9.47 Å². The summed E-state index contributed by atoms with van der Waals surface area (Å²) in [4.78, 5) is 11.1. The van der Waals surface area contributed by atoms with Crippen molar-refractivity contribution in [2.75, 3.05) is 6.61 Å². The Bertz CT molecular complexity index is 792. The molecule has 1 aliphatic rings. The molecule has 130 valence electrons. The summed E-state index contributed by atoms with van der Waals surface area (Å²) in [7, 11) is 0. The SMILES string of the molecule is [N-]=[N+]=NCc1cncc(-c2ccc(OC(F)F)c(OCC3CC3)c2)n1. The van der Waals surface area contributed by atoms with Crippen LogP contribution in [0.1, 0.15) is 18.5 Å². The molecule has 25 heavy (non-hydrogen) atoms. The van der Waals surface area contributed by atoms with Crippen LogP contribution >= 0.6 is 0 Å². The zero-order valence-electron chi connectivity index (χ0n) is 13.2. The molecular formula is C16H15F2N5O2. The van der Waals surface area contributed by atoms with Crippen molar-refractivity contribution in [3.63, 3.8) is 0 Å². The largest absolute Gasteiger partial charge is 0.489 e. The maximum absolute atomic E-state index is 12.6. The Morgan fingerprint density at radius 2 is 2.12 bits per heavy atom. The van der Waals surface area contributed by atoms with Gasteiger partial charge in [-0.25, -0.2) is 4.98 Å². The fourth-order valence-corrected chi connectivity index (χ4v) is 2.19. The van der Waals surface area contributed by atoms with Crippen molar-refractivity contribution < 1.29 is 18.3 Å². The second kappa shape index (κ2) is 7.76. The molecule has 1 fully saturated rings. The third-order valence-electron chi connectivity index (χ3n) is 3.61. The smallest absolute Gasteiger partial charge is 0.387 e. The molecule has 1 aromatic heterocycles. The molecule has 1 aliphatic carbocycles. The molecule has 3 rings (SSSR count). The summed E-state index contributed by atoms with van der Waals surface area (Å²) in [5.74, 6) is 0.694. The summed E-state index contributed by atoms with van der Waals surface area (Å²) >= 11 is 0. The molecule has 0 saturated heterocycles. The number of benzene rings is 1. The first-order valence-corrected chi connectivity index (χ1v) is 7.69. The van der Waals surface area contributed by atoms with E-state index >= 15 is 0 Å². The van der Waals surface area contributed by atoms with Crippen LogP contribution in [0.3, 0.4) is 0 Å². The lowest BCUT2D eigenvalue weighted by molar-refractivity contribution is -0.0515. The van der Waals surface area contributed by atoms with E-state index < -0.39 is 6.61 Å². The molecule has 0 atom stereocenters. The zero-order chi connectivity index (χ0) is 17.6. The van der Waals surface area contributed by atoms with E-state index in [1.54, 1.807) is 12.1 Å². The van der Waals surface area contributed by atoms with Crippen LogP contribution in [-0.2, 0) is 6.54 Å². The van der Waals surface area contributed by atoms with Crippen LogP contribution in [0.4, 0.5) is 8.78 Å². The van der Waals surface area contributed by atoms with Crippen molar-refractivity contribution in [3.8, 4) is 22.8 Å². The van der Waals surface area contributed by atoms with Gasteiger partial charge in [0, 0.05) is 16.7 Å². The monoisotopic (exact) mass is 347 g/mol. The lowest BCUT2D eigenvalue weighted by atomic mass is 10.1. The minimum absolute atomic E-state index is 0.0161. The first-order valence-electron chi connectivity index (χ1n) is 7.69. The normalized spacial score (nSPS) is 13.4. The Morgan fingerprint density at radius 3 is 2.84 bits per heavy atom. The van der Waals surface area contributed by atoms with Crippen molar-refractivity contribution >= 4 is 0 Å². The average molecular weight is 347 g/mol. The van der Waals surface area contributed by atoms with Crippen molar-refractivity contribution in [3.05, 3.63) is 46.7 Å². The first kappa shape index (κ1) is 16.9. The fraction of sp³-hybridized carbons (Fsp3) is 0.375. The van der Waals surface area contributed by atoms with Gasteiger partial charge in [-0.05, 0) is 42.5 Å². The average Bonchev–Trinajstić information content (AvgIpc) is 3.43. The van der Waals surface area contributed by atoms with Crippen LogP contribution in [0, 0.1) is 5.92 Å². The topological polar surface area (TPSA) is 93.0 Å². The Balaban J connectivity index is 1.87. The van der Waals surface area contributed by atoms with Gasteiger partial charge >= 0.3 is 6.61 Å². The lowest BCUT2D eigenvalue weighted by Crippen LogP contribution is -2.06. The molecule has 7 nitrogen and oxygen atoms in total. The van der Waals surface area contributed by atoms with Crippen molar-refractivity contribution in [1.82, 2.24) is 9.97 Å². The molecule has 0 spiro atoms. The summed E-state index contributed by atoms with van der Waals surface area (Å²) in [6.45, 7) is -2.39. The third kappa shape index (κ3) is 4.77. The van der Waals surface area contributed by atoms with E-state index in [2.05, 4.69) is 24.7 Å². The van der Waals surface area contributed by atoms with E-state index in [-0.39, 0.29) is 18.0 Å². The molecule has 0 amide bonds. The molecule has 0 radical (unpaired) electrons. The molecule has 1 heterocycles. The summed E-state index contributed by atoms with van der Waals surface area (Å²) < 4.78 is 35.3. The zero-order valence-corrected chi connectivity index (χ0v) is 13.2. The summed E-state index contributed by atoms with van der Waals surface area (Å²) in [5, 5.41) is 3.45. The van der Waals surface area contributed by atoms with Crippen LogP contribution in [0.5, 0.6) is 11.5 Å². The minimum atomic E-state index is -2.93. The number of rotatable bonds is 8. The van der Waals surface area contributed by atoms with Gasteiger partial charge in [-0.3, -0.25) is 4.98 Å². The van der Waals surface area contributed by atoms with Gasteiger partial charge in [0.05, 0.1) is 30.7 Å². The van der Waals surface area contributed by atoms with Crippen molar-refractivity contribution in [2.45, 2.75) is 26.0 Å². The highest BCUT2D eigenvalue weighted by molar-refractivity contribution is 5.63. The van der Waals surface area contributed by atoms with Crippen LogP contribution < -0.4 is 9.47 Å². The second-order valence-corrected chi connectivity index (χ2v) is 5.58. The van der Waals surface area contributed by atoms with Gasteiger partial charge in [0.1, 0.15) is 0 Å². The molecule has 0 aliphatic heterocycles. The third-order valence-corrected chi connectivity index (χ3v) is 3.61. The summed E-state index contributed by atoms with van der Waals surface area (Å²) in [6, 6.07) is 4.62. The van der Waals surface area contributed by atoms with Gasteiger partial charge in [-0.2, -0.15) is 8.78 Å². The molecule has 0 N–H and O–H groups in total. The van der Waals surface area contributed by atoms with Crippen molar-refractivity contribution in [1.29, 1.82) is 0 Å². The number of nitrogens with zero attached hydrogens (tertiary/aromatic N) is 5. The Hall–Kier alpha value is -2.93. The Kier molecular flexibility index (Phi) is 5.25. The molecule has 2 aromatic rings. The standard InChI is InChI=1S/C16H15F2N5O2/c17-16(18)25-14-4-3-11(5-15(14)24-9-10-1-2-10)13-8-20-6-12(22-13)7-21-23-19/h3-6,8,10,16H,1-2,7,9H2. The van der Waals surface area contributed by atoms with Gasteiger partial charge in [-0.1, -0.05) is 5.11 Å². The lowest BCUT2D eigenvalue weighted by Gasteiger charge is -2.13. The second-order valence-electron chi connectivity index (χ2n) is 5.58. The number of hydrogen-bond acceptors (Lipinski definition) is 5. The minimum Gasteiger partial charge on any atom is -0.489 e. The van der Waals surface area contributed by atoms with Gasteiger partial charge in [0.15, 0.2) is 11.5 Å². The number of aromatic nitrogens is 2. The number of hydrogen-bond donors (Lipinski definition) is 0.